The van der Waals surface area contributed by atoms with Crippen LogP contribution in [0.5, 0.6) is 0 Å². The fourth-order valence-electron chi connectivity index (χ4n) is 2.03. The van der Waals surface area contributed by atoms with Crippen molar-refractivity contribution >= 4 is 30.0 Å². The highest BCUT2D eigenvalue weighted by molar-refractivity contribution is 5.96. The number of carbonyl (C=O) groups excluding carboxylic acids is 2. The zero-order chi connectivity index (χ0) is 15.7. The number of amides is 1. The van der Waals surface area contributed by atoms with Crippen molar-refractivity contribution in [3.05, 3.63) is 29.3 Å². The Kier molecular flexibility index (Phi) is 10.0. The number of nitrogens with two attached hydrogens (primary N) is 1. The molecule has 5 nitrogen and oxygen atoms in total. The quantitative estimate of drug-likeness (QED) is 0.437. The number of hydrogen-bond acceptors (Lipinski definition) is 4. The predicted octanol–water partition coefficient (Wildman–Crippen LogP) is 2.85. The van der Waals surface area contributed by atoms with E-state index in [0.717, 1.165) is 31.2 Å². The van der Waals surface area contributed by atoms with Gasteiger partial charge in [-0.05, 0) is 37.5 Å². The lowest BCUT2D eigenvalue weighted by molar-refractivity contribution is -0.140. The normalized spacial score (nSPS) is 9.73. The van der Waals surface area contributed by atoms with Crippen LogP contribution in [-0.4, -0.2) is 25.5 Å². The summed E-state index contributed by atoms with van der Waals surface area (Å²) in [4.78, 5) is 22.9. The average Bonchev–Trinajstić information content (AvgIpc) is 2.48. The minimum atomic E-state index is -0.166. The van der Waals surface area contributed by atoms with Gasteiger partial charge in [-0.25, -0.2) is 0 Å². The van der Waals surface area contributed by atoms with Crippen LogP contribution in [0.1, 0.15) is 48.0 Å². The van der Waals surface area contributed by atoms with Crippen LogP contribution in [-0.2, 0) is 9.53 Å². The average molecular weight is 329 g/mol. The number of anilines is 1. The molecule has 1 aromatic rings. The molecular weight excluding hydrogens is 304 g/mol. The number of hydrogen-bond donors (Lipinski definition) is 2. The predicted molar refractivity (Wildman–Crippen MR) is 90.3 cm³/mol. The van der Waals surface area contributed by atoms with Crippen LogP contribution in [0.4, 0.5) is 5.69 Å². The molecule has 0 saturated heterocycles. The molecule has 0 fully saturated rings. The number of aryl methyl sites for hydroxylation is 1. The Morgan fingerprint density at radius 1 is 1.18 bits per heavy atom. The van der Waals surface area contributed by atoms with Crippen LogP contribution >= 0.6 is 12.4 Å². The van der Waals surface area contributed by atoms with E-state index in [2.05, 4.69) is 10.1 Å². The summed E-state index contributed by atoms with van der Waals surface area (Å²) in [7, 11) is 1.40. The summed E-state index contributed by atoms with van der Waals surface area (Å²) in [6.07, 6.45) is 4.13. The maximum atomic E-state index is 12.0. The Morgan fingerprint density at radius 2 is 1.86 bits per heavy atom. The lowest BCUT2D eigenvalue weighted by atomic mass is 10.1. The smallest absolute Gasteiger partial charge is 0.305 e. The molecule has 0 radical (unpaired) electrons. The second-order valence-electron chi connectivity index (χ2n) is 5.07. The third kappa shape index (κ3) is 7.31. The zero-order valence-electron chi connectivity index (χ0n) is 13.2. The number of unbranched alkanes of at least 4 members (excludes halogenated alkanes) is 3. The van der Waals surface area contributed by atoms with Gasteiger partial charge in [0, 0.05) is 24.2 Å². The van der Waals surface area contributed by atoms with Crippen LogP contribution in [0.2, 0.25) is 0 Å². The molecule has 6 heteroatoms. The van der Waals surface area contributed by atoms with E-state index in [9.17, 15) is 9.59 Å². The Hall–Kier alpha value is -1.75. The minimum Gasteiger partial charge on any atom is -0.469 e. The van der Waals surface area contributed by atoms with Gasteiger partial charge in [0.1, 0.15) is 0 Å². The molecule has 124 valence electrons. The van der Waals surface area contributed by atoms with E-state index in [-0.39, 0.29) is 24.3 Å². The maximum absolute atomic E-state index is 12.0. The van der Waals surface area contributed by atoms with Gasteiger partial charge in [-0.15, -0.1) is 12.4 Å². The van der Waals surface area contributed by atoms with Crippen LogP contribution in [0, 0.1) is 6.92 Å². The lowest BCUT2D eigenvalue weighted by Gasteiger charge is -2.08. The summed E-state index contributed by atoms with van der Waals surface area (Å²) in [6.45, 7) is 2.52. The molecule has 0 unspecified atom stereocenters. The maximum Gasteiger partial charge on any atom is 0.305 e. The van der Waals surface area contributed by atoms with Crippen molar-refractivity contribution < 1.29 is 14.3 Å². The molecule has 0 heterocycles. The Bertz CT molecular complexity index is 492. The number of methoxy groups -OCH3 is 1. The number of halogens is 1. The van der Waals surface area contributed by atoms with Gasteiger partial charge in [-0.2, -0.15) is 0 Å². The summed E-state index contributed by atoms with van der Waals surface area (Å²) < 4.78 is 4.57. The first-order chi connectivity index (χ1) is 10.0. The van der Waals surface area contributed by atoms with Gasteiger partial charge in [0.2, 0.25) is 0 Å². The number of esters is 1. The molecule has 0 saturated carbocycles. The molecule has 0 aliphatic heterocycles. The molecule has 0 spiro atoms. The molecule has 1 rings (SSSR count). The monoisotopic (exact) mass is 328 g/mol. The van der Waals surface area contributed by atoms with Gasteiger partial charge >= 0.3 is 5.97 Å². The van der Waals surface area contributed by atoms with Crippen molar-refractivity contribution in [3.8, 4) is 0 Å². The molecule has 0 aliphatic rings. The molecule has 1 aromatic carbocycles. The van der Waals surface area contributed by atoms with Crippen molar-refractivity contribution in [1.82, 2.24) is 5.32 Å². The Morgan fingerprint density at radius 3 is 2.55 bits per heavy atom. The Labute approximate surface area is 138 Å². The van der Waals surface area contributed by atoms with Crippen LogP contribution in [0.3, 0.4) is 0 Å². The largest absolute Gasteiger partial charge is 0.469 e. The van der Waals surface area contributed by atoms with E-state index in [1.54, 1.807) is 12.1 Å². The highest BCUT2D eigenvalue weighted by atomic mass is 35.5. The van der Waals surface area contributed by atoms with Crippen LogP contribution < -0.4 is 11.1 Å². The van der Waals surface area contributed by atoms with Crippen molar-refractivity contribution in [1.29, 1.82) is 0 Å². The fourth-order valence-corrected chi connectivity index (χ4v) is 2.03. The number of benzene rings is 1. The number of nitrogen functional groups attached to an aromatic ring is 1. The zero-order valence-corrected chi connectivity index (χ0v) is 14.0. The standard InChI is InChI=1S/C16H24N2O3.ClH/c1-12-8-9-13(17)11-14(12)16(20)18-10-6-4-3-5-7-15(19)21-2;/h8-9,11H,3-7,10,17H2,1-2H3,(H,18,20);1H. The molecular formula is C16H25ClN2O3. The first kappa shape index (κ1) is 20.2. The van der Waals surface area contributed by atoms with Gasteiger partial charge < -0.3 is 15.8 Å². The van der Waals surface area contributed by atoms with Gasteiger partial charge in [-0.1, -0.05) is 18.9 Å². The molecule has 0 aliphatic carbocycles. The van der Waals surface area contributed by atoms with E-state index >= 15 is 0 Å². The molecule has 0 bridgehead atoms. The van der Waals surface area contributed by atoms with Crippen molar-refractivity contribution in [2.75, 3.05) is 19.4 Å². The number of rotatable bonds is 8. The minimum absolute atomic E-state index is 0. The Balaban J connectivity index is 0.00000441. The van der Waals surface area contributed by atoms with E-state index < -0.39 is 0 Å². The highest BCUT2D eigenvalue weighted by Crippen LogP contribution is 2.12. The van der Waals surface area contributed by atoms with E-state index in [1.807, 2.05) is 13.0 Å². The first-order valence-electron chi connectivity index (χ1n) is 7.25. The molecule has 1 amide bonds. The van der Waals surface area contributed by atoms with E-state index in [0.29, 0.717) is 24.2 Å². The summed E-state index contributed by atoms with van der Waals surface area (Å²) in [6, 6.07) is 5.32. The third-order valence-electron chi connectivity index (χ3n) is 3.33. The lowest BCUT2D eigenvalue weighted by Crippen LogP contribution is -2.25. The van der Waals surface area contributed by atoms with Crippen LogP contribution in [0.25, 0.3) is 0 Å². The highest BCUT2D eigenvalue weighted by Gasteiger charge is 2.08. The van der Waals surface area contributed by atoms with E-state index in [1.165, 1.54) is 7.11 Å². The van der Waals surface area contributed by atoms with Crippen molar-refractivity contribution in [2.24, 2.45) is 0 Å². The molecule has 3 N–H and O–H groups in total. The summed E-state index contributed by atoms with van der Waals surface area (Å²) >= 11 is 0. The molecule has 0 atom stereocenters. The number of carbonyl (C=O) groups is 2. The summed E-state index contributed by atoms with van der Waals surface area (Å²) in [5, 5.41) is 2.89. The van der Waals surface area contributed by atoms with Gasteiger partial charge in [0.05, 0.1) is 7.11 Å². The van der Waals surface area contributed by atoms with Crippen molar-refractivity contribution in [2.45, 2.75) is 39.0 Å². The van der Waals surface area contributed by atoms with Gasteiger partial charge in [-0.3, -0.25) is 9.59 Å². The summed E-state index contributed by atoms with van der Waals surface area (Å²) in [5.74, 6) is -0.255. The number of ether oxygens (including phenoxy) is 1. The molecule has 0 aromatic heterocycles. The van der Waals surface area contributed by atoms with Crippen LogP contribution in [0.15, 0.2) is 18.2 Å². The second-order valence-corrected chi connectivity index (χ2v) is 5.07. The number of nitrogens with one attached hydrogen (secondary N) is 1. The molecule has 22 heavy (non-hydrogen) atoms. The second kappa shape index (κ2) is 10.9. The fraction of sp³-hybridized carbons (Fsp3) is 0.500. The summed E-state index contributed by atoms with van der Waals surface area (Å²) in [5.41, 5.74) is 7.83. The third-order valence-corrected chi connectivity index (χ3v) is 3.33. The topological polar surface area (TPSA) is 81.4 Å². The first-order valence-corrected chi connectivity index (χ1v) is 7.25. The van der Waals surface area contributed by atoms with Gasteiger partial charge in [0.25, 0.3) is 5.91 Å². The van der Waals surface area contributed by atoms with Gasteiger partial charge in [0.15, 0.2) is 0 Å². The SMILES string of the molecule is COC(=O)CCCCCCNC(=O)c1cc(N)ccc1C.Cl. The van der Waals surface area contributed by atoms with Crippen molar-refractivity contribution in [3.63, 3.8) is 0 Å². The van der Waals surface area contributed by atoms with E-state index in [4.69, 9.17) is 5.73 Å².